The van der Waals surface area contributed by atoms with Crippen molar-refractivity contribution in [2.45, 2.75) is 49.6 Å². The molecule has 0 aliphatic heterocycles. The first-order valence-electron chi connectivity index (χ1n) is 8.53. The van der Waals surface area contributed by atoms with Crippen LogP contribution in [0.25, 0.3) is 11.1 Å². The summed E-state index contributed by atoms with van der Waals surface area (Å²) < 4.78 is 2.56. The molecule has 1 atom stereocenters. The first-order valence-corrected chi connectivity index (χ1v) is 11.2. The van der Waals surface area contributed by atoms with Crippen molar-refractivity contribution in [1.29, 1.82) is 0 Å². The monoisotopic (exact) mass is 435 g/mol. The van der Waals surface area contributed by atoms with Gasteiger partial charge in [-0.1, -0.05) is 0 Å². The number of hydrogen-bond donors (Lipinski definition) is 0. The third kappa shape index (κ3) is 3.51. The quantitative estimate of drug-likeness (QED) is 0.597. The van der Waals surface area contributed by atoms with Gasteiger partial charge in [-0.2, -0.15) is 0 Å². The van der Waals surface area contributed by atoms with E-state index >= 15 is 0 Å². The van der Waals surface area contributed by atoms with E-state index in [2.05, 4.69) is 50.3 Å². The van der Waals surface area contributed by atoms with Crippen molar-refractivity contribution in [2.75, 3.05) is 0 Å². The molecular weight excluding hydrogens is 414 g/mol. The second-order valence-corrected chi connectivity index (χ2v) is 11.5. The number of halogens is 2. The molecule has 0 aromatic heterocycles. The van der Waals surface area contributed by atoms with E-state index in [1.807, 2.05) is 5.57 Å². The Bertz CT molecular complexity index is 749. The molecule has 1 aromatic carbocycles. The number of fused-ring (bicyclic) bond motifs is 2. The maximum Gasteiger partial charge on any atom is -1.00 e. The fourth-order valence-corrected chi connectivity index (χ4v) is 7.84. The van der Waals surface area contributed by atoms with Crippen molar-refractivity contribution < 1.29 is 47.6 Å². The first-order chi connectivity index (χ1) is 10.8. The largest absolute Gasteiger partial charge is 1.00 e. The molecule has 3 aliphatic carbocycles. The van der Waals surface area contributed by atoms with E-state index in [4.69, 9.17) is 0 Å². The van der Waals surface area contributed by atoms with Crippen molar-refractivity contribution in [3.8, 4) is 0 Å². The predicted molar refractivity (Wildman–Crippen MR) is 92.7 cm³/mol. The third-order valence-corrected chi connectivity index (χ3v) is 8.87. The molecule has 0 N–H and O–H groups in total. The van der Waals surface area contributed by atoms with E-state index in [9.17, 15) is 0 Å². The molecule has 0 amide bonds. The van der Waals surface area contributed by atoms with E-state index in [1.165, 1.54) is 36.8 Å². The molecule has 0 bridgehead atoms. The summed E-state index contributed by atoms with van der Waals surface area (Å²) in [5.74, 6) is 0. The Morgan fingerprint density at radius 1 is 1.08 bits per heavy atom. The van der Waals surface area contributed by atoms with Crippen LogP contribution in [0.1, 0.15) is 66.3 Å². The fraction of sp³-hybridized carbons (Fsp3) is 0.381. The fourth-order valence-electron chi connectivity index (χ4n) is 4.24. The van der Waals surface area contributed by atoms with Crippen LogP contribution in [0, 0.1) is 0 Å². The maximum atomic E-state index is 2.44. The number of allylic oxidation sites excluding steroid dienone is 6. The molecule has 125 valence electrons. The van der Waals surface area contributed by atoms with E-state index in [1.54, 1.807) is 19.9 Å². The van der Waals surface area contributed by atoms with Crippen molar-refractivity contribution in [3.05, 3.63) is 58.7 Å². The zero-order chi connectivity index (χ0) is 15.1. The minimum Gasteiger partial charge on any atom is -1.00 e. The number of benzene rings is 1. The van der Waals surface area contributed by atoms with E-state index in [0.29, 0.717) is 0 Å². The van der Waals surface area contributed by atoms with Crippen LogP contribution < -0.4 is 24.8 Å². The summed E-state index contributed by atoms with van der Waals surface area (Å²) in [6.45, 7) is 4.72. The molecule has 1 aromatic rings. The number of rotatable bonds is 2. The second kappa shape index (κ2) is 8.44. The summed E-state index contributed by atoms with van der Waals surface area (Å²) in [5, 5.41) is 0. The van der Waals surface area contributed by atoms with Crippen LogP contribution in [0.15, 0.2) is 42.0 Å². The molecule has 0 fully saturated rings. The van der Waals surface area contributed by atoms with Gasteiger partial charge in [-0.15, -0.1) is 0 Å². The van der Waals surface area contributed by atoms with E-state index < -0.39 is 22.8 Å². The molecule has 0 heterocycles. The molecule has 0 saturated heterocycles. The Labute approximate surface area is 169 Å². The van der Waals surface area contributed by atoms with Gasteiger partial charge in [0.25, 0.3) is 0 Å². The Morgan fingerprint density at radius 3 is 2.58 bits per heavy atom. The molecule has 0 nitrogen and oxygen atoms in total. The Morgan fingerprint density at radius 2 is 1.88 bits per heavy atom. The second-order valence-electron chi connectivity index (χ2n) is 6.88. The van der Waals surface area contributed by atoms with Gasteiger partial charge in [0.15, 0.2) is 0 Å². The average Bonchev–Trinajstić information content (AvgIpc) is 3.15. The van der Waals surface area contributed by atoms with Gasteiger partial charge in [-0.25, -0.2) is 0 Å². The average molecular weight is 438 g/mol. The zero-order valence-electron chi connectivity index (χ0n) is 14.3. The number of hydrogen-bond acceptors (Lipinski definition) is 0. The van der Waals surface area contributed by atoms with E-state index in [-0.39, 0.29) is 24.8 Å². The van der Waals surface area contributed by atoms with Gasteiger partial charge >= 0.3 is 145 Å². The summed E-state index contributed by atoms with van der Waals surface area (Å²) in [7, 11) is 0. The van der Waals surface area contributed by atoms with Crippen LogP contribution >= 0.6 is 0 Å². The Hall–Kier alpha value is -0.227. The Balaban J connectivity index is 0.00000104. The van der Waals surface area contributed by atoms with Crippen molar-refractivity contribution in [1.82, 2.24) is 0 Å². The summed E-state index contributed by atoms with van der Waals surface area (Å²) >= 11 is -0.478. The minimum absolute atomic E-state index is 0. The maximum absolute atomic E-state index is 2.44. The molecule has 4 rings (SSSR count). The smallest absolute Gasteiger partial charge is 1.00 e. The molecule has 24 heavy (non-hydrogen) atoms. The predicted octanol–water partition coefficient (Wildman–Crippen LogP) is -0.285. The molecule has 0 radical (unpaired) electrons. The Kier molecular flexibility index (Phi) is 7.06. The molecule has 3 heteroatoms. The van der Waals surface area contributed by atoms with Crippen molar-refractivity contribution in [2.24, 2.45) is 0 Å². The van der Waals surface area contributed by atoms with Gasteiger partial charge in [0.2, 0.25) is 0 Å². The molecule has 3 aliphatic rings. The van der Waals surface area contributed by atoms with Crippen LogP contribution in [-0.2, 0) is 22.8 Å². The summed E-state index contributed by atoms with van der Waals surface area (Å²) in [6, 6.07) is 7.12. The van der Waals surface area contributed by atoms with Gasteiger partial charge in [-0.3, -0.25) is 0 Å². The van der Waals surface area contributed by atoms with E-state index in [0.717, 1.165) is 10.0 Å². The third-order valence-electron chi connectivity index (χ3n) is 5.12. The van der Waals surface area contributed by atoms with Gasteiger partial charge in [0, 0.05) is 0 Å². The summed E-state index contributed by atoms with van der Waals surface area (Å²) in [5.41, 5.74) is 9.99. The SMILES string of the molecule is C[C](C)=[Zr+2][CH]1C2=C(CCCC2)c2c(C3=CC=CC3)cccc21.[Cl-].[Cl-]. The molecular formula is C21H23Cl2Zr. The normalized spacial score (nSPS) is 20.4. The molecule has 0 spiro atoms. The van der Waals surface area contributed by atoms with Gasteiger partial charge in [-0.05, 0) is 0 Å². The van der Waals surface area contributed by atoms with Crippen LogP contribution in [0.2, 0.25) is 0 Å². The van der Waals surface area contributed by atoms with Crippen LogP contribution in [0.3, 0.4) is 0 Å². The van der Waals surface area contributed by atoms with Crippen LogP contribution in [-0.4, -0.2) is 3.21 Å². The topological polar surface area (TPSA) is 0 Å². The standard InChI is InChI=1S/C18H17.C3H6.2ClH.Zr/c1-2-7-13(6-1)16-11-5-9-15-12-14-8-3-4-10-17(14)18(15)16;1-3-2;;;/h1-2,5-6,9,11-12H,3-4,7-8,10H2;1-2H3;2*1H;/q;;;;+2/p-2. The van der Waals surface area contributed by atoms with Crippen LogP contribution in [0.4, 0.5) is 0 Å². The minimum atomic E-state index is -0.478. The van der Waals surface area contributed by atoms with Crippen molar-refractivity contribution >= 4 is 14.4 Å². The first kappa shape index (κ1) is 20.1. The summed E-state index contributed by atoms with van der Waals surface area (Å²) in [6.07, 6.45) is 13.4. The van der Waals surface area contributed by atoms with Gasteiger partial charge in [0.1, 0.15) is 0 Å². The van der Waals surface area contributed by atoms with Crippen LogP contribution in [0.5, 0.6) is 0 Å². The van der Waals surface area contributed by atoms with Gasteiger partial charge < -0.3 is 24.8 Å². The van der Waals surface area contributed by atoms with Crippen molar-refractivity contribution in [3.63, 3.8) is 0 Å². The molecule has 1 unspecified atom stereocenters. The summed E-state index contributed by atoms with van der Waals surface area (Å²) in [4.78, 5) is 0. The van der Waals surface area contributed by atoms with Gasteiger partial charge in [0.05, 0.1) is 0 Å². The molecule has 0 saturated carbocycles. The zero-order valence-corrected chi connectivity index (χ0v) is 18.3.